The molecule has 2 aromatic carbocycles. The van der Waals surface area contributed by atoms with Crippen LogP contribution in [0.2, 0.25) is 0 Å². The summed E-state index contributed by atoms with van der Waals surface area (Å²) in [5.41, 5.74) is 2.37. The summed E-state index contributed by atoms with van der Waals surface area (Å²) in [6, 6.07) is 14.3. The number of benzene rings is 2. The van der Waals surface area contributed by atoms with E-state index in [1.54, 1.807) is 23.1 Å². The summed E-state index contributed by atoms with van der Waals surface area (Å²) in [7, 11) is -1.95. The van der Waals surface area contributed by atoms with E-state index in [-0.39, 0.29) is 16.7 Å². The Morgan fingerprint density at radius 1 is 1.11 bits per heavy atom. The molecule has 5 nitrogen and oxygen atoms in total. The maximum Gasteiger partial charge on any atom is 0.238 e. The number of nitrogens with two attached hydrogens (primary N) is 1. The summed E-state index contributed by atoms with van der Waals surface area (Å²) >= 11 is 0. The lowest BCUT2D eigenvalue weighted by Gasteiger charge is -2.21. The first-order chi connectivity index (χ1) is 12.8. The molecule has 1 amide bonds. The molecule has 1 saturated carbocycles. The summed E-state index contributed by atoms with van der Waals surface area (Å²) in [5.74, 6) is 0.986. The average molecular weight is 387 g/mol. The van der Waals surface area contributed by atoms with Crippen molar-refractivity contribution in [2.24, 2.45) is 17.0 Å². The molecule has 2 N–H and O–H groups in total. The van der Waals surface area contributed by atoms with Gasteiger partial charge in [-0.2, -0.15) is 0 Å². The molecule has 2 atom stereocenters. The highest BCUT2D eigenvalue weighted by Crippen LogP contribution is 2.32. The number of sulfonamides is 1. The topological polar surface area (TPSA) is 80.5 Å². The van der Waals surface area contributed by atoms with E-state index in [9.17, 15) is 13.2 Å². The summed E-state index contributed by atoms with van der Waals surface area (Å²) in [6.07, 6.45) is 3.09. The number of carbonyl (C=O) groups is 1. The quantitative estimate of drug-likeness (QED) is 0.855. The minimum Gasteiger partial charge on any atom is -0.341 e. The molecule has 0 spiro atoms. The lowest BCUT2D eigenvalue weighted by atomic mass is 10.0. The molecular formula is C21H26N2O3S. The molecule has 0 heterocycles. The largest absolute Gasteiger partial charge is 0.341 e. The molecule has 0 saturated heterocycles. The molecule has 0 aromatic heterocycles. The van der Waals surface area contributed by atoms with Crippen LogP contribution in [0.5, 0.6) is 0 Å². The fourth-order valence-corrected chi connectivity index (χ4v) is 4.60. The third-order valence-corrected chi connectivity index (χ3v) is 6.27. The lowest BCUT2D eigenvalue weighted by molar-refractivity contribution is -0.134. The van der Waals surface area contributed by atoms with Crippen LogP contribution < -0.4 is 5.14 Å². The molecule has 3 rings (SSSR count). The Labute approximate surface area is 161 Å². The number of primary sulfonamides is 1. The van der Waals surface area contributed by atoms with Gasteiger partial charge in [-0.05, 0) is 42.4 Å². The van der Waals surface area contributed by atoms with Crippen molar-refractivity contribution in [1.29, 1.82) is 0 Å². The Morgan fingerprint density at radius 2 is 1.78 bits per heavy atom. The molecule has 1 fully saturated rings. The van der Waals surface area contributed by atoms with Gasteiger partial charge in [0.25, 0.3) is 0 Å². The van der Waals surface area contributed by atoms with Gasteiger partial charge in [-0.15, -0.1) is 0 Å². The Kier molecular flexibility index (Phi) is 5.67. The molecular weight excluding hydrogens is 360 g/mol. The van der Waals surface area contributed by atoms with Crippen molar-refractivity contribution < 1.29 is 13.2 Å². The molecule has 1 aliphatic carbocycles. The van der Waals surface area contributed by atoms with Gasteiger partial charge in [0.15, 0.2) is 0 Å². The van der Waals surface area contributed by atoms with Gasteiger partial charge in [0.05, 0.1) is 4.90 Å². The van der Waals surface area contributed by atoms with Gasteiger partial charge in [0, 0.05) is 25.1 Å². The first-order valence-electron chi connectivity index (χ1n) is 9.22. The monoisotopic (exact) mass is 386 g/mol. The van der Waals surface area contributed by atoms with Crippen LogP contribution in [0.4, 0.5) is 0 Å². The zero-order chi connectivity index (χ0) is 19.6. The Bertz CT molecular complexity index is 923. The molecule has 6 heteroatoms. The number of rotatable bonds is 5. The van der Waals surface area contributed by atoms with E-state index in [0.29, 0.717) is 18.0 Å². The number of hydrogen-bond acceptors (Lipinski definition) is 3. The van der Waals surface area contributed by atoms with Crippen LogP contribution in [0.3, 0.4) is 0 Å². The minimum absolute atomic E-state index is 0.111. The second-order valence-corrected chi connectivity index (χ2v) is 9.08. The van der Waals surface area contributed by atoms with E-state index < -0.39 is 10.0 Å². The van der Waals surface area contributed by atoms with Crippen LogP contribution in [0.25, 0.3) is 11.1 Å². The predicted molar refractivity (Wildman–Crippen MR) is 106 cm³/mol. The van der Waals surface area contributed by atoms with E-state index >= 15 is 0 Å². The van der Waals surface area contributed by atoms with Crippen molar-refractivity contribution in [2.45, 2.75) is 37.6 Å². The van der Waals surface area contributed by atoms with Crippen LogP contribution in [-0.4, -0.2) is 26.3 Å². The van der Waals surface area contributed by atoms with Gasteiger partial charge in [0.1, 0.15) is 0 Å². The molecule has 27 heavy (non-hydrogen) atoms. The molecule has 1 aliphatic rings. The predicted octanol–water partition coefficient (Wildman–Crippen LogP) is 3.40. The van der Waals surface area contributed by atoms with Crippen LogP contribution in [0.15, 0.2) is 53.4 Å². The Morgan fingerprint density at radius 3 is 2.37 bits per heavy atom. The summed E-state index contributed by atoms with van der Waals surface area (Å²) in [6.45, 7) is 2.74. The minimum atomic E-state index is -3.79. The highest BCUT2D eigenvalue weighted by atomic mass is 32.2. The van der Waals surface area contributed by atoms with Gasteiger partial charge in [-0.1, -0.05) is 49.4 Å². The highest BCUT2D eigenvalue weighted by molar-refractivity contribution is 7.89. The van der Waals surface area contributed by atoms with Gasteiger partial charge in [-0.25, -0.2) is 13.6 Å². The van der Waals surface area contributed by atoms with Gasteiger partial charge in [0.2, 0.25) is 15.9 Å². The zero-order valence-corrected chi connectivity index (χ0v) is 16.6. The van der Waals surface area contributed by atoms with E-state index in [1.165, 1.54) is 6.07 Å². The van der Waals surface area contributed by atoms with Crippen molar-refractivity contribution in [1.82, 2.24) is 4.90 Å². The third-order valence-electron chi connectivity index (χ3n) is 5.30. The fourth-order valence-electron chi connectivity index (χ4n) is 3.84. The Hall–Kier alpha value is -2.18. The van der Waals surface area contributed by atoms with Crippen molar-refractivity contribution in [3.63, 3.8) is 0 Å². The number of carbonyl (C=O) groups excluding carboxylic acids is 1. The van der Waals surface area contributed by atoms with E-state index in [1.807, 2.05) is 31.3 Å². The average Bonchev–Trinajstić information content (AvgIpc) is 3.07. The molecule has 0 aliphatic heterocycles. The van der Waals surface area contributed by atoms with Crippen LogP contribution in [-0.2, 0) is 21.4 Å². The SMILES string of the molecule is CC1CC[C@H](C(=O)N(C)Cc2ccc(-c3ccccc3S(N)(=O)=O)cc2)C1. The van der Waals surface area contributed by atoms with Crippen LogP contribution >= 0.6 is 0 Å². The number of hydrogen-bond donors (Lipinski definition) is 1. The fraction of sp³-hybridized carbons (Fsp3) is 0.381. The van der Waals surface area contributed by atoms with Gasteiger partial charge < -0.3 is 4.90 Å². The summed E-state index contributed by atoms with van der Waals surface area (Å²) < 4.78 is 23.6. The van der Waals surface area contributed by atoms with E-state index in [2.05, 4.69) is 6.92 Å². The summed E-state index contributed by atoms with van der Waals surface area (Å²) in [4.78, 5) is 14.5. The van der Waals surface area contributed by atoms with Crippen LogP contribution in [0.1, 0.15) is 31.7 Å². The van der Waals surface area contributed by atoms with E-state index in [4.69, 9.17) is 5.14 Å². The van der Waals surface area contributed by atoms with Crippen molar-refractivity contribution in [2.75, 3.05) is 7.05 Å². The first-order valence-corrected chi connectivity index (χ1v) is 10.8. The number of amides is 1. The first kappa shape index (κ1) is 19.6. The lowest BCUT2D eigenvalue weighted by Crippen LogP contribution is -2.31. The normalized spacial score (nSPS) is 19.8. The maximum atomic E-state index is 12.6. The molecule has 0 bridgehead atoms. The molecule has 2 aromatic rings. The second-order valence-electron chi connectivity index (χ2n) is 7.55. The second kappa shape index (κ2) is 7.82. The van der Waals surface area contributed by atoms with Crippen molar-refractivity contribution >= 4 is 15.9 Å². The van der Waals surface area contributed by atoms with Crippen LogP contribution in [0, 0.1) is 11.8 Å². The van der Waals surface area contributed by atoms with Crippen molar-refractivity contribution in [3.8, 4) is 11.1 Å². The Balaban J connectivity index is 1.74. The molecule has 1 unspecified atom stereocenters. The van der Waals surface area contributed by atoms with Gasteiger partial charge >= 0.3 is 0 Å². The highest BCUT2D eigenvalue weighted by Gasteiger charge is 2.29. The number of nitrogens with zero attached hydrogens (tertiary/aromatic N) is 1. The standard InChI is InChI=1S/C21H26N2O3S/c1-15-7-10-18(13-15)21(24)23(2)14-16-8-11-17(12-9-16)19-5-3-4-6-20(19)27(22,25)26/h3-6,8-9,11-12,15,18H,7,10,13-14H2,1-2H3,(H2,22,25,26)/t15?,18-/m0/s1. The third kappa shape index (κ3) is 4.57. The molecule has 144 valence electrons. The van der Waals surface area contributed by atoms with Crippen molar-refractivity contribution in [3.05, 3.63) is 54.1 Å². The maximum absolute atomic E-state index is 12.6. The molecule has 0 radical (unpaired) electrons. The summed E-state index contributed by atoms with van der Waals surface area (Å²) in [5, 5.41) is 5.32. The van der Waals surface area contributed by atoms with E-state index in [0.717, 1.165) is 30.4 Å². The smallest absolute Gasteiger partial charge is 0.238 e. The zero-order valence-electron chi connectivity index (χ0n) is 15.8. The van der Waals surface area contributed by atoms with Gasteiger partial charge in [-0.3, -0.25) is 4.79 Å².